The molecule has 4 bridgehead atoms. The summed E-state index contributed by atoms with van der Waals surface area (Å²) in [6, 6.07) is 6.18. The highest BCUT2D eigenvalue weighted by atomic mass is 35.5. The molecule has 5 nitrogen and oxygen atoms in total. The van der Waals surface area contributed by atoms with E-state index in [2.05, 4.69) is 31.9 Å². The Kier molecular flexibility index (Phi) is 2.40. The first-order valence-corrected chi connectivity index (χ1v) is 6.88. The average molecular weight is 267 g/mol. The summed E-state index contributed by atoms with van der Waals surface area (Å²) in [5.74, 6) is 0.496. The van der Waals surface area contributed by atoms with Crippen LogP contribution in [0.1, 0.15) is 11.4 Å². The van der Waals surface area contributed by atoms with Gasteiger partial charge in [-0.3, -0.25) is 4.98 Å². The van der Waals surface area contributed by atoms with Crippen molar-refractivity contribution in [3.8, 4) is 0 Å². The molecule has 6 heteroatoms. The molecule has 0 aromatic carbocycles. The SMILES string of the molecule is ClCc1cccc(C[N+]23CN4CN(CN2C4)C3)n1. The molecule has 1 aromatic heterocycles. The lowest BCUT2D eigenvalue weighted by Gasteiger charge is -2.34. The van der Waals surface area contributed by atoms with E-state index < -0.39 is 0 Å². The minimum atomic E-state index is 0.496. The molecule has 4 aliphatic heterocycles. The van der Waals surface area contributed by atoms with Crippen LogP contribution in [0.4, 0.5) is 0 Å². The minimum absolute atomic E-state index is 0.496. The number of nitrogens with zero attached hydrogens (tertiary/aromatic N) is 5. The van der Waals surface area contributed by atoms with E-state index in [0.717, 1.165) is 55.9 Å². The largest absolute Gasteiger partial charge is 0.251 e. The van der Waals surface area contributed by atoms with Gasteiger partial charge in [0.2, 0.25) is 0 Å². The van der Waals surface area contributed by atoms with Crippen molar-refractivity contribution in [3.05, 3.63) is 29.6 Å². The second kappa shape index (κ2) is 3.88. The zero-order valence-electron chi connectivity index (χ0n) is 10.3. The van der Waals surface area contributed by atoms with E-state index in [1.54, 1.807) is 0 Å². The number of rotatable bonds is 3. The summed E-state index contributed by atoms with van der Waals surface area (Å²) in [6.45, 7) is 6.58. The zero-order valence-corrected chi connectivity index (χ0v) is 11.1. The maximum atomic E-state index is 5.86. The fraction of sp³-hybridized carbons (Fsp3) is 0.583. The first-order valence-electron chi connectivity index (χ1n) is 6.34. The molecule has 4 fully saturated rings. The predicted molar refractivity (Wildman–Crippen MR) is 67.6 cm³/mol. The molecule has 0 spiro atoms. The van der Waals surface area contributed by atoms with Gasteiger partial charge in [-0.15, -0.1) is 16.6 Å². The number of hydrogen-bond donors (Lipinski definition) is 0. The molecule has 5 heterocycles. The topological polar surface area (TPSA) is 22.6 Å². The van der Waals surface area contributed by atoms with Crippen LogP contribution in [0.3, 0.4) is 0 Å². The summed E-state index contributed by atoms with van der Waals surface area (Å²) in [7, 11) is 0. The third kappa shape index (κ3) is 1.59. The fourth-order valence-electron chi connectivity index (χ4n) is 3.49. The summed E-state index contributed by atoms with van der Waals surface area (Å²) >= 11 is 5.86. The summed E-state index contributed by atoms with van der Waals surface area (Å²) in [6.07, 6.45) is 0. The molecule has 0 aliphatic carbocycles. The average Bonchev–Trinajstić information content (AvgIpc) is 2.74. The Morgan fingerprint density at radius 3 is 2.56 bits per heavy atom. The van der Waals surface area contributed by atoms with Gasteiger partial charge in [-0.2, -0.15) is 0 Å². The van der Waals surface area contributed by atoms with Crippen molar-refractivity contribution in [1.82, 2.24) is 19.8 Å². The van der Waals surface area contributed by atoms with Crippen molar-refractivity contribution >= 4 is 11.6 Å². The highest BCUT2D eigenvalue weighted by Crippen LogP contribution is 2.35. The van der Waals surface area contributed by atoms with E-state index in [9.17, 15) is 0 Å². The molecular formula is C12H17ClN5+. The normalized spacial score (nSPS) is 40.6. The number of quaternary nitrogens is 1. The third-order valence-corrected chi connectivity index (χ3v) is 4.38. The van der Waals surface area contributed by atoms with E-state index in [-0.39, 0.29) is 0 Å². The van der Waals surface area contributed by atoms with E-state index >= 15 is 0 Å². The van der Waals surface area contributed by atoms with Crippen molar-refractivity contribution in [1.29, 1.82) is 0 Å². The molecule has 0 radical (unpaired) electrons. The monoisotopic (exact) mass is 266 g/mol. The Morgan fingerprint density at radius 2 is 1.83 bits per heavy atom. The van der Waals surface area contributed by atoms with Crippen LogP contribution in [0, 0.1) is 0 Å². The zero-order chi connectivity index (χ0) is 12.2. The van der Waals surface area contributed by atoms with Gasteiger partial charge in [-0.1, -0.05) is 6.07 Å². The molecule has 18 heavy (non-hydrogen) atoms. The van der Waals surface area contributed by atoms with Gasteiger partial charge in [0.1, 0.15) is 19.9 Å². The number of halogens is 1. The van der Waals surface area contributed by atoms with Crippen molar-refractivity contribution in [2.24, 2.45) is 0 Å². The molecule has 96 valence electrons. The van der Waals surface area contributed by atoms with Gasteiger partial charge in [0.05, 0.1) is 23.9 Å². The lowest BCUT2D eigenvalue weighted by atomic mass is 10.3. The Bertz CT molecular complexity index is 465. The van der Waals surface area contributed by atoms with Crippen LogP contribution in [-0.4, -0.2) is 57.7 Å². The van der Waals surface area contributed by atoms with E-state index in [0.29, 0.717) is 5.88 Å². The maximum absolute atomic E-state index is 5.86. The lowest BCUT2D eigenvalue weighted by Crippen LogP contribution is -2.54. The van der Waals surface area contributed by atoms with Crippen molar-refractivity contribution in [3.63, 3.8) is 0 Å². The Morgan fingerprint density at radius 1 is 1.11 bits per heavy atom. The van der Waals surface area contributed by atoms with E-state index in [1.807, 2.05) is 6.07 Å². The number of alkyl halides is 1. The van der Waals surface area contributed by atoms with Gasteiger partial charge in [0.15, 0.2) is 13.3 Å². The van der Waals surface area contributed by atoms with Gasteiger partial charge in [-0.25, -0.2) is 14.4 Å². The highest BCUT2D eigenvalue weighted by molar-refractivity contribution is 6.16. The molecule has 0 N–H and O–H groups in total. The van der Waals surface area contributed by atoms with Crippen molar-refractivity contribution < 1.29 is 4.59 Å². The lowest BCUT2D eigenvalue weighted by molar-refractivity contribution is -1.03. The van der Waals surface area contributed by atoms with Crippen LogP contribution in [0.2, 0.25) is 0 Å². The second-order valence-corrected chi connectivity index (χ2v) is 5.83. The quantitative estimate of drug-likeness (QED) is 0.596. The maximum Gasteiger partial charge on any atom is 0.156 e. The van der Waals surface area contributed by atoms with E-state index in [1.165, 1.54) is 0 Å². The van der Waals surface area contributed by atoms with Crippen LogP contribution in [-0.2, 0) is 12.4 Å². The van der Waals surface area contributed by atoms with Crippen LogP contribution in [0.15, 0.2) is 18.2 Å². The molecule has 5 rings (SSSR count). The van der Waals surface area contributed by atoms with Crippen LogP contribution in [0.25, 0.3) is 0 Å². The second-order valence-electron chi connectivity index (χ2n) is 5.56. The van der Waals surface area contributed by atoms with E-state index in [4.69, 9.17) is 11.6 Å². The van der Waals surface area contributed by atoms with Gasteiger partial charge < -0.3 is 0 Å². The summed E-state index contributed by atoms with van der Waals surface area (Å²) in [4.78, 5) is 9.64. The van der Waals surface area contributed by atoms with Gasteiger partial charge in [0.25, 0.3) is 0 Å². The molecule has 0 saturated carbocycles. The Labute approximate surface area is 112 Å². The summed E-state index contributed by atoms with van der Waals surface area (Å²) in [5.41, 5.74) is 2.13. The smallest absolute Gasteiger partial charge is 0.156 e. The summed E-state index contributed by atoms with van der Waals surface area (Å²) < 4.78 is 1.03. The number of hydrogen-bond acceptors (Lipinski definition) is 4. The molecule has 4 aliphatic rings. The van der Waals surface area contributed by atoms with Gasteiger partial charge >= 0.3 is 0 Å². The van der Waals surface area contributed by atoms with Crippen LogP contribution < -0.4 is 0 Å². The summed E-state index contributed by atoms with van der Waals surface area (Å²) in [5, 5.41) is 2.54. The molecule has 0 amide bonds. The Balaban J connectivity index is 1.61. The van der Waals surface area contributed by atoms with Crippen LogP contribution >= 0.6 is 11.6 Å². The first kappa shape index (κ1) is 11.1. The predicted octanol–water partition coefficient (Wildman–Crippen LogP) is 0.786. The first-order chi connectivity index (χ1) is 8.77. The minimum Gasteiger partial charge on any atom is -0.251 e. The molecule has 1 aromatic rings. The molecule has 4 saturated heterocycles. The van der Waals surface area contributed by atoms with Gasteiger partial charge in [-0.05, 0) is 12.1 Å². The Hall–Kier alpha value is -0.720. The highest BCUT2D eigenvalue weighted by Gasteiger charge is 2.56. The standard InChI is InChI=1S/C12H17ClN5/c13-4-11-2-1-3-12(14-11)5-18-9-15-6-16(10-18)8-17(18)7-15/h1-3H,4-10H2/q+1. The molecule has 2 unspecified atom stereocenters. The number of aromatic nitrogens is 1. The van der Waals surface area contributed by atoms with Gasteiger partial charge in [0, 0.05) is 0 Å². The van der Waals surface area contributed by atoms with Crippen LogP contribution in [0.5, 0.6) is 0 Å². The van der Waals surface area contributed by atoms with Crippen molar-refractivity contribution in [2.45, 2.75) is 12.4 Å². The third-order valence-electron chi connectivity index (χ3n) is 4.11. The molecular weight excluding hydrogens is 250 g/mol. The number of pyridine rings is 1. The molecule has 2 atom stereocenters. The van der Waals surface area contributed by atoms with Crippen molar-refractivity contribution in [2.75, 3.05) is 33.3 Å². The fourth-order valence-corrected chi connectivity index (χ4v) is 3.64.